The molecule has 1 aromatic carbocycles. The summed E-state index contributed by atoms with van der Waals surface area (Å²) >= 11 is 0. The van der Waals surface area contributed by atoms with E-state index < -0.39 is 0 Å². The Balaban J connectivity index is 2.10. The molecule has 0 radical (unpaired) electrons. The Bertz CT molecular complexity index is 500. The van der Waals surface area contributed by atoms with Gasteiger partial charge in [0.05, 0.1) is 5.52 Å². The SMILES string of the molecule is Oc1cc2ccccc2n1N1CCNCC1. The van der Waals surface area contributed by atoms with Crippen molar-refractivity contribution in [1.82, 2.24) is 9.99 Å². The number of hydrogen-bond donors (Lipinski definition) is 2. The van der Waals surface area contributed by atoms with Gasteiger partial charge in [0.25, 0.3) is 0 Å². The number of para-hydroxylation sites is 1. The molecule has 0 spiro atoms. The highest BCUT2D eigenvalue weighted by Crippen LogP contribution is 2.24. The van der Waals surface area contributed by atoms with Crippen LogP contribution in [0.25, 0.3) is 10.9 Å². The maximum atomic E-state index is 9.99. The van der Waals surface area contributed by atoms with Crippen LogP contribution in [0.15, 0.2) is 30.3 Å². The number of benzene rings is 1. The van der Waals surface area contributed by atoms with E-state index in [1.807, 2.05) is 35.0 Å². The molecule has 0 unspecified atom stereocenters. The lowest BCUT2D eigenvalue weighted by molar-refractivity contribution is 0.396. The quantitative estimate of drug-likeness (QED) is 0.745. The zero-order chi connectivity index (χ0) is 11.0. The molecule has 1 fully saturated rings. The third-order valence-electron chi connectivity index (χ3n) is 3.04. The van der Waals surface area contributed by atoms with E-state index in [0.29, 0.717) is 5.88 Å². The second-order valence-corrected chi connectivity index (χ2v) is 4.08. The van der Waals surface area contributed by atoms with Gasteiger partial charge in [0.2, 0.25) is 5.88 Å². The minimum atomic E-state index is 0.322. The maximum absolute atomic E-state index is 9.99. The van der Waals surface area contributed by atoms with Crippen LogP contribution in [0.3, 0.4) is 0 Å². The molecular weight excluding hydrogens is 202 g/mol. The summed E-state index contributed by atoms with van der Waals surface area (Å²) < 4.78 is 1.91. The summed E-state index contributed by atoms with van der Waals surface area (Å²) in [7, 11) is 0. The van der Waals surface area contributed by atoms with Crippen LogP contribution in [0.4, 0.5) is 0 Å². The predicted octanol–water partition coefficient (Wildman–Crippen LogP) is 0.888. The van der Waals surface area contributed by atoms with Crippen LogP contribution in [-0.2, 0) is 0 Å². The first-order chi connectivity index (χ1) is 7.86. The number of fused-ring (bicyclic) bond motifs is 1. The molecule has 84 valence electrons. The predicted molar refractivity (Wildman–Crippen MR) is 64.4 cm³/mol. The molecule has 0 saturated carbocycles. The van der Waals surface area contributed by atoms with E-state index in [-0.39, 0.29) is 0 Å². The zero-order valence-electron chi connectivity index (χ0n) is 9.06. The van der Waals surface area contributed by atoms with Crippen molar-refractivity contribution in [2.75, 3.05) is 31.2 Å². The van der Waals surface area contributed by atoms with Crippen LogP contribution >= 0.6 is 0 Å². The van der Waals surface area contributed by atoms with Crippen LogP contribution in [-0.4, -0.2) is 36.0 Å². The minimum Gasteiger partial charge on any atom is -0.493 e. The summed E-state index contributed by atoms with van der Waals surface area (Å²) in [6, 6.07) is 9.87. The molecule has 1 aliphatic heterocycles. The summed E-state index contributed by atoms with van der Waals surface area (Å²) in [5.41, 5.74) is 1.07. The van der Waals surface area contributed by atoms with Gasteiger partial charge in [-0.1, -0.05) is 18.2 Å². The molecule has 3 rings (SSSR count). The minimum absolute atomic E-state index is 0.322. The molecule has 1 aromatic heterocycles. The molecule has 1 saturated heterocycles. The highest BCUT2D eigenvalue weighted by Gasteiger charge is 2.15. The molecule has 1 aliphatic rings. The van der Waals surface area contributed by atoms with E-state index in [4.69, 9.17) is 0 Å². The fourth-order valence-corrected chi connectivity index (χ4v) is 2.28. The van der Waals surface area contributed by atoms with E-state index in [2.05, 4.69) is 10.3 Å². The van der Waals surface area contributed by atoms with E-state index >= 15 is 0 Å². The second-order valence-electron chi connectivity index (χ2n) is 4.08. The van der Waals surface area contributed by atoms with Crippen molar-refractivity contribution >= 4 is 10.9 Å². The first kappa shape index (κ1) is 9.54. The Kier molecular flexibility index (Phi) is 2.22. The lowest BCUT2D eigenvalue weighted by Gasteiger charge is -2.31. The van der Waals surface area contributed by atoms with Crippen LogP contribution < -0.4 is 10.3 Å². The first-order valence-corrected chi connectivity index (χ1v) is 5.62. The highest BCUT2D eigenvalue weighted by atomic mass is 16.3. The van der Waals surface area contributed by atoms with Crippen LogP contribution in [0.2, 0.25) is 0 Å². The zero-order valence-corrected chi connectivity index (χ0v) is 9.06. The smallest absolute Gasteiger partial charge is 0.211 e. The van der Waals surface area contributed by atoms with Crippen molar-refractivity contribution in [2.24, 2.45) is 0 Å². The lowest BCUT2D eigenvalue weighted by atomic mass is 10.2. The molecule has 4 heteroatoms. The summed E-state index contributed by atoms with van der Waals surface area (Å²) in [5, 5.41) is 16.6. The monoisotopic (exact) mass is 217 g/mol. The molecule has 2 aromatic rings. The largest absolute Gasteiger partial charge is 0.493 e. The average molecular weight is 217 g/mol. The fourth-order valence-electron chi connectivity index (χ4n) is 2.28. The second kappa shape index (κ2) is 3.72. The molecular formula is C12H15N3O. The van der Waals surface area contributed by atoms with Gasteiger partial charge < -0.3 is 15.4 Å². The third-order valence-corrected chi connectivity index (χ3v) is 3.04. The normalized spacial score (nSPS) is 16.9. The lowest BCUT2D eigenvalue weighted by Crippen LogP contribution is -2.48. The van der Waals surface area contributed by atoms with Gasteiger partial charge >= 0.3 is 0 Å². The number of piperazine rings is 1. The third kappa shape index (κ3) is 1.42. The van der Waals surface area contributed by atoms with Gasteiger partial charge in [-0.15, -0.1) is 0 Å². The van der Waals surface area contributed by atoms with Crippen molar-refractivity contribution in [3.63, 3.8) is 0 Å². The molecule has 4 nitrogen and oxygen atoms in total. The fraction of sp³-hybridized carbons (Fsp3) is 0.333. The highest BCUT2D eigenvalue weighted by molar-refractivity contribution is 5.82. The number of aromatic hydroxyl groups is 1. The van der Waals surface area contributed by atoms with Gasteiger partial charge in [-0.25, -0.2) is 4.68 Å². The van der Waals surface area contributed by atoms with Crippen molar-refractivity contribution in [3.8, 4) is 5.88 Å². The Hall–Kier alpha value is -1.68. The van der Waals surface area contributed by atoms with Crippen LogP contribution in [0.1, 0.15) is 0 Å². The van der Waals surface area contributed by atoms with Gasteiger partial charge in [-0.3, -0.25) is 0 Å². The Morgan fingerprint density at radius 2 is 1.88 bits per heavy atom. The maximum Gasteiger partial charge on any atom is 0.211 e. The average Bonchev–Trinajstić information content (AvgIpc) is 2.66. The van der Waals surface area contributed by atoms with Gasteiger partial charge in [0, 0.05) is 37.6 Å². The van der Waals surface area contributed by atoms with Gasteiger partial charge in [-0.2, -0.15) is 0 Å². The summed E-state index contributed by atoms with van der Waals surface area (Å²) in [5.74, 6) is 0.322. The van der Waals surface area contributed by atoms with Gasteiger partial charge in [0.15, 0.2) is 0 Å². The number of nitrogens with zero attached hydrogens (tertiary/aromatic N) is 2. The van der Waals surface area contributed by atoms with E-state index in [0.717, 1.165) is 37.1 Å². The Labute approximate surface area is 94.1 Å². The van der Waals surface area contributed by atoms with Crippen LogP contribution in [0, 0.1) is 0 Å². The molecule has 0 atom stereocenters. The Morgan fingerprint density at radius 1 is 1.12 bits per heavy atom. The van der Waals surface area contributed by atoms with Gasteiger partial charge in [-0.05, 0) is 6.07 Å². The van der Waals surface area contributed by atoms with E-state index in [1.165, 1.54) is 0 Å². The van der Waals surface area contributed by atoms with Crippen LogP contribution in [0.5, 0.6) is 5.88 Å². The molecule has 0 aliphatic carbocycles. The molecule has 16 heavy (non-hydrogen) atoms. The summed E-state index contributed by atoms with van der Waals surface area (Å²) in [6.45, 7) is 3.77. The summed E-state index contributed by atoms with van der Waals surface area (Å²) in [6.07, 6.45) is 0. The topological polar surface area (TPSA) is 40.4 Å². The molecule has 0 amide bonds. The number of nitrogens with one attached hydrogen (secondary N) is 1. The number of aromatic nitrogens is 1. The number of hydrogen-bond acceptors (Lipinski definition) is 3. The first-order valence-electron chi connectivity index (χ1n) is 5.62. The van der Waals surface area contributed by atoms with Crippen molar-refractivity contribution in [1.29, 1.82) is 0 Å². The molecule has 2 N–H and O–H groups in total. The van der Waals surface area contributed by atoms with Crippen molar-refractivity contribution in [2.45, 2.75) is 0 Å². The Morgan fingerprint density at radius 3 is 2.69 bits per heavy atom. The van der Waals surface area contributed by atoms with Crippen molar-refractivity contribution < 1.29 is 5.11 Å². The summed E-state index contributed by atoms with van der Waals surface area (Å²) in [4.78, 5) is 0. The number of rotatable bonds is 1. The van der Waals surface area contributed by atoms with E-state index in [1.54, 1.807) is 0 Å². The molecule has 0 bridgehead atoms. The van der Waals surface area contributed by atoms with Crippen molar-refractivity contribution in [3.05, 3.63) is 30.3 Å². The molecule has 2 heterocycles. The van der Waals surface area contributed by atoms with E-state index in [9.17, 15) is 5.11 Å². The van der Waals surface area contributed by atoms with Gasteiger partial charge in [0.1, 0.15) is 0 Å². The standard InChI is InChI=1S/C12H15N3O/c16-12-9-10-3-1-2-4-11(10)15(12)14-7-5-13-6-8-14/h1-4,9,13,16H,5-8H2.